The number of nitrogens with one attached hydrogen (secondary N) is 1. The van der Waals surface area contributed by atoms with E-state index in [9.17, 15) is 19.7 Å². The first-order chi connectivity index (χ1) is 18.4. The molecule has 2 fully saturated rings. The summed E-state index contributed by atoms with van der Waals surface area (Å²) < 4.78 is 12.8. The van der Waals surface area contributed by atoms with Crippen LogP contribution in [0.25, 0.3) is 0 Å². The second-order valence-electron chi connectivity index (χ2n) is 12.6. The summed E-state index contributed by atoms with van der Waals surface area (Å²) in [4.78, 5) is 38.5. The van der Waals surface area contributed by atoms with Crippen molar-refractivity contribution in [1.82, 2.24) is 5.32 Å². The number of ether oxygens (including phenoxy) is 2. The van der Waals surface area contributed by atoms with Crippen LogP contribution >= 0.6 is 0 Å². The fraction of sp³-hybridized carbons (Fsp3) is 0.533. The van der Waals surface area contributed by atoms with Crippen LogP contribution in [-0.4, -0.2) is 35.4 Å². The van der Waals surface area contributed by atoms with E-state index in [1.165, 1.54) is 6.07 Å². The molecule has 6 rings (SSSR count). The summed E-state index contributed by atoms with van der Waals surface area (Å²) in [6.45, 7) is 8.33. The molecular formula is C30H35N3O6. The first-order valence-electron chi connectivity index (χ1n) is 13.6. The highest BCUT2D eigenvalue weighted by Crippen LogP contribution is 2.66. The summed E-state index contributed by atoms with van der Waals surface area (Å²) >= 11 is 0. The van der Waals surface area contributed by atoms with Gasteiger partial charge < -0.3 is 20.5 Å². The molecule has 3 N–H and O–H groups in total. The second kappa shape index (κ2) is 8.27. The van der Waals surface area contributed by atoms with Gasteiger partial charge in [0.25, 0.3) is 11.6 Å². The maximum absolute atomic E-state index is 13.4. The zero-order valence-electron chi connectivity index (χ0n) is 23.0. The van der Waals surface area contributed by atoms with E-state index in [2.05, 4.69) is 19.2 Å². The molecule has 1 amide bonds. The van der Waals surface area contributed by atoms with Crippen molar-refractivity contribution >= 4 is 17.4 Å². The number of hydrogen-bond acceptors (Lipinski definition) is 7. The van der Waals surface area contributed by atoms with Crippen LogP contribution < -0.4 is 20.5 Å². The number of Topliss-reactive ketones (excluding diaryl/α,β-unsaturated/α-hetero) is 1. The van der Waals surface area contributed by atoms with Crippen molar-refractivity contribution in [3.63, 3.8) is 0 Å². The Hall–Kier alpha value is -3.46. The standard InChI is InChI=1S/C30H35N3O6/c1-15-10-11-21-28(2,3)26(34)18(31)14-30(21)29(15,4)13-16-12-19(33(36)37)22-23(25(16)39-30)24(32-27(22)35)17-8-6-7-9-20(17)38-5/h6-9,12,15,18,21,24H,10-11,13-14,31H2,1-5H3,(H,32,35)/t15-,18?,21-,24?,29+,30-/m0/s1. The highest BCUT2D eigenvalue weighted by Gasteiger charge is 2.69. The van der Waals surface area contributed by atoms with E-state index in [1.54, 1.807) is 13.2 Å². The van der Waals surface area contributed by atoms with E-state index in [4.69, 9.17) is 15.2 Å². The number of fused-ring (bicyclic) bond motifs is 3. The molecule has 2 aromatic carbocycles. The molecular weight excluding hydrogens is 498 g/mol. The molecule has 2 aliphatic carbocycles. The van der Waals surface area contributed by atoms with Gasteiger partial charge in [-0.05, 0) is 31.2 Å². The van der Waals surface area contributed by atoms with Crippen molar-refractivity contribution in [1.29, 1.82) is 0 Å². The van der Waals surface area contributed by atoms with Gasteiger partial charge in [-0.15, -0.1) is 0 Å². The highest BCUT2D eigenvalue weighted by atomic mass is 16.6. The molecule has 0 radical (unpaired) electrons. The van der Waals surface area contributed by atoms with E-state index in [-0.39, 0.29) is 28.9 Å². The Morgan fingerprint density at radius 1 is 1.18 bits per heavy atom. The summed E-state index contributed by atoms with van der Waals surface area (Å²) in [5.74, 6) is 0.725. The predicted molar refractivity (Wildman–Crippen MR) is 144 cm³/mol. The lowest BCUT2D eigenvalue weighted by molar-refractivity contribution is -0.385. The van der Waals surface area contributed by atoms with Crippen LogP contribution in [0, 0.1) is 32.8 Å². The van der Waals surface area contributed by atoms with Crippen molar-refractivity contribution in [3.8, 4) is 11.5 Å². The van der Waals surface area contributed by atoms with E-state index in [0.29, 0.717) is 41.0 Å². The third-order valence-corrected chi connectivity index (χ3v) is 10.5. The zero-order chi connectivity index (χ0) is 28.1. The lowest BCUT2D eigenvalue weighted by Crippen LogP contribution is -2.73. The Morgan fingerprint density at radius 2 is 1.90 bits per heavy atom. The van der Waals surface area contributed by atoms with E-state index >= 15 is 0 Å². The van der Waals surface area contributed by atoms with Crippen LogP contribution in [0.4, 0.5) is 5.69 Å². The SMILES string of the molecule is COc1ccccc1C1NC(=O)c2c([N+](=O)[O-])cc3c(c21)O[C@@]12CC(N)C(=O)C(C)(C)[C@@H]1CC[C@H](C)[C@@]2(C)C3. The van der Waals surface area contributed by atoms with Gasteiger partial charge in [-0.1, -0.05) is 45.9 Å². The van der Waals surface area contributed by atoms with Crippen molar-refractivity contribution < 1.29 is 24.0 Å². The van der Waals surface area contributed by atoms with Gasteiger partial charge in [0, 0.05) is 45.9 Å². The molecule has 4 aliphatic rings. The van der Waals surface area contributed by atoms with Gasteiger partial charge in [0.05, 0.1) is 24.1 Å². The van der Waals surface area contributed by atoms with Crippen molar-refractivity contribution in [3.05, 3.63) is 62.7 Å². The molecule has 1 spiro atoms. The minimum absolute atomic E-state index is 0.0190. The van der Waals surface area contributed by atoms with Gasteiger partial charge in [-0.25, -0.2) is 0 Å². The third-order valence-electron chi connectivity index (χ3n) is 10.5. The number of nitro groups is 1. The van der Waals surface area contributed by atoms with Crippen LogP contribution in [0.2, 0.25) is 0 Å². The number of benzene rings is 2. The van der Waals surface area contributed by atoms with Gasteiger partial charge in [-0.3, -0.25) is 19.7 Å². The second-order valence-corrected chi connectivity index (χ2v) is 12.6. The minimum Gasteiger partial charge on any atom is -0.496 e. The first-order valence-corrected chi connectivity index (χ1v) is 13.6. The van der Waals surface area contributed by atoms with Gasteiger partial charge in [0.1, 0.15) is 22.7 Å². The van der Waals surface area contributed by atoms with Gasteiger partial charge in [0.15, 0.2) is 5.78 Å². The van der Waals surface area contributed by atoms with Gasteiger partial charge >= 0.3 is 0 Å². The summed E-state index contributed by atoms with van der Waals surface area (Å²) in [7, 11) is 1.55. The molecule has 2 aliphatic heterocycles. The number of nitrogens with two attached hydrogens (primary N) is 1. The Balaban J connectivity index is 1.64. The third kappa shape index (κ3) is 3.22. The molecule has 0 aromatic heterocycles. The Kier molecular flexibility index (Phi) is 5.47. The molecule has 2 aromatic rings. The number of hydrogen-bond donors (Lipinski definition) is 2. The van der Waals surface area contributed by atoms with Crippen LogP contribution in [-0.2, 0) is 11.2 Å². The van der Waals surface area contributed by atoms with E-state index in [0.717, 1.165) is 12.8 Å². The number of rotatable bonds is 3. The van der Waals surface area contributed by atoms with Crippen LogP contribution in [0.5, 0.6) is 11.5 Å². The predicted octanol–water partition coefficient (Wildman–Crippen LogP) is 4.49. The number of carbonyl (C=O) groups excluding carboxylic acids is 2. The number of nitrogens with zero attached hydrogens (tertiary/aromatic N) is 1. The van der Waals surface area contributed by atoms with Gasteiger partial charge in [0.2, 0.25) is 0 Å². The van der Waals surface area contributed by atoms with Crippen LogP contribution in [0.1, 0.15) is 80.0 Å². The summed E-state index contributed by atoms with van der Waals surface area (Å²) in [5.41, 5.74) is 6.31. The fourth-order valence-electron chi connectivity index (χ4n) is 8.35. The zero-order valence-corrected chi connectivity index (χ0v) is 23.0. The van der Waals surface area contributed by atoms with Crippen LogP contribution in [0.15, 0.2) is 30.3 Å². The molecule has 9 heteroatoms. The van der Waals surface area contributed by atoms with Gasteiger partial charge in [-0.2, -0.15) is 0 Å². The molecule has 2 saturated carbocycles. The first kappa shape index (κ1) is 25.8. The summed E-state index contributed by atoms with van der Waals surface area (Å²) in [5, 5.41) is 15.2. The Morgan fingerprint density at radius 3 is 2.59 bits per heavy atom. The lowest BCUT2D eigenvalue weighted by Gasteiger charge is -2.66. The molecule has 6 atom stereocenters. The number of amides is 1. The fourth-order valence-corrected chi connectivity index (χ4v) is 8.35. The monoisotopic (exact) mass is 533 g/mol. The molecule has 0 bridgehead atoms. The van der Waals surface area contributed by atoms with Crippen LogP contribution in [0.3, 0.4) is 0 Å². The highest BCUT2D eigenvalue weighted by molar-refractivity contribution is 6.05. The smallest absolute Gasteiger partial charge is 0.283 e. The number of methoxy groups -OCH3 is 1. The molecule has 206 valence electrons. The van der Waals surface area contributed by atoms with E-state index in [1.807, 2.05) is 32.0 Å². The summed E-state index contributed by atoms with van der Waals surface area (Å²) in [6.07, 6.45) is 2.63. The number of ketones is 1. The molecule has 9 nitrogen and oxygen atoms in total. The number of nitro benzene ring substituents is 1. The van der Waals surface area contributed by atoms with E-state index < -0.39 is 39.3 Å². The average Bonchev–Trinajstić information content (AvgIpc) is 3.23. The molecule has 39 heavy (non-hydrogen) atoms. The molecule has 2 heterocycles. The minimum atomic E-state index is -0.768. The average molecular weight is 534 g/mol. The Bertz CT molecular complexity index is 1440. The van der Waals surface area contributed by atoms with Crippen molar-refractivity contribution in [2.45, 2.75) is 71.1 Å². The normalized spacial score (nSPS) is 34.1. The number of carbonyl (C=O) groups is 2. The Labute approximate surface area is 227 Å². The largest absolute Gasteiger partial charge is 0.496 e. The topological polar surface area (TPSA) is 134 Å². The maximum atomic E-state index is 13.4. The quantitative estimate of drug-likeness (QED) is 0.439. The van der Waals surface area contributed by atoms with Crippen molar-refractivity contribution in [2.24, 2.45) is 28.4 Å². The van der Waals surface area contributed by atoms with Crippen molar-refractivity contribution in [2.75, 3.05) is 7.11 Å². The number of para-hydroxylation sites is 1. The maximum Gasteiger partial charge on any atom is 0.283 e. The lowest BCUT2D eigenvalue weighted by atomic mass is 9.43. The summed E-state index contributed by atoms with van der Waals surface area (Å²) in [6, 6.07) is 7.47. The molecule has 2 unspecified atom stereocenters. The molecule has 0 saturated heterocycles.